The van der Waals surface area contributed by atoms with E-state index in [-0.39, 0.29) is 11.9 Å². The van der Waals surface area contributed by atoms with E-state index in [4.69, 9.17) is 21.1 Å². The van der Waals surface area contributed by atoms with Gasteiger partial charge in [-0.25, -0.2) is 4.79 Å². The fourth-order valence-electron chi connectivity index (χ4n) is 3.69. The first-order valence-electron chi connectivity index (χ1n) is 10.6. The molecule has 174 valence electrons. The van der Waals surface area contributed by atoms with Gasteiger partial charge in [-0.3, -0.25) is 4.79 Å². The molecule has 3 amide bonds. The number of carbonyl (C=O) groups excluding carboxylic acids is 2. The smallest absolute Gasteiger partial charge is 0.319 e. The second-order valence-corrected chi connectivity index (χ2v) is 8.15. The molecule has 8 heteroatoms. The molecule has 0 saturated carbocycles. The Kier molecular flexibility index (Phi) is 7.04. The number of hydrogen-bond acceptors (Lipinski definition) is 4. The van der Waals surface area contributed by atoms with Gasteiger partial charge in [0.1, 0.15) is 6.61 Å². The highest BCUT2D eigenvalue weighted by atomic mass is 35.5. The summed E-state index contributed by atoms with van der Waals surface area (Å²) < 4.78 is 11.5. The van der Waals surface area contributed by atoms with E-state index in [9.17, 15) is 9.59 Å². The monoisotopic (exact) mass is 477 g/mol. The molecule has 34 heavy (non-hydrogen) atoms. The van der Waals surface area contributed by atoms with Crippen molar-refractivity contribution >= 4 is 29.2 Å². The number of para-hydroxylation sites is 1. The number of urea groups is 1. The van der Waals surface area contributed by atoms with E-state index in [2.05, 4.69) is 16.0 Å². The van der Waals surface area contributed by atoms with Crippen LogP contribution in [0.5, 0.6) is 11.5 Å². The van der Waals surface area contributed by atoms with E-state index in [0.29, 0.717) is 45.6 Å². The van der Waals surface area contributed by atoms with Crippen LogP contribution in [0.1, 0.15) is 24.1 Å². The van der Waals surface area contributed by atoms with Gasteiger partial charge in [-0.05, 0) is 54.4 Å². The molecule has 1 unspecified atom stereocenters. The van der Waals surface area contributed by atoms with E-state index >= 15 is 0 Å². The number of carbonyl (C=O) groups is 2. The van der Waals surface area contributed by atoms with Gasteiger partial charge in [0.05, 0.1) is 18.7 Å². The van der Waals surface area contributed by atoms with E-state index in [0.717, 1.165) is 5.56 Å². The second-order valence-electron chi connectivity index (χ2n) is 7.72. The largest absolute Gasteiger partial charge is 0.493 e. The lowest BCUT2D eigenvalue weighted by atomic mass is 9.94. The molecule has 0 aliphatic carbocycles. The van der Waals surface area contributed by atoms with Crippen molar-refractivity contribution < 1.29 is 19.1 Å². The van der Waals surface area contributed by atoms with Crippen LogP contribution in [0.3, 0.4) is 0 Å². The fraction of sp³-hybridized carbons (Fsp3) is 0.154. The zero-order chi connectivity index (χ0) is 24.1. The zero-order valence-electron chi connectivity index (χ0n) is 18.7. The van der Waals surface area contributed by atoms with Gasteiger partial charge >= 0.3 is 6.03 Å². The van der Waals surface area contributed by atoms with Crippen molar-refractivity contribution in [1.82, 2.24) is 10.6 Å². The number of allylic oxidation sites excluding steroid dienone is 1. The molecule has 4 rings (SSSR count). The fourth-order valence-corrected chi connectivity index (χ4v) is 3.82. The first-order chi connectivity index (χ1) is 16.4. The van der Waals surface area contributed by atoms with Crippen LogP contribution >= 0.6 is 11.6 Å². The summed E-state index contributed by atoms with van der Waals surface area (Å²) in [5.41, 5.74) is 3.18. The highest BCUT2D eigenvalue weighted by molar-refractivity contribution is 6.30. The third kappa shape index (κ3) is 5.32. The van der Waals surface area contributed by atoms with Gasteiger partial charge in [0.15, 0.2) is 11.5 Å². The number of ether oxygens (including phenoxy) is 2. The van der Waals surface area contributed by atoms with Crippen molar-refractivity contribution in [3.63, 3.8) is 0 Å². The Labute approximate surface area is 202 Å². The molecule has 0 radical (unpaired) electrons. The minimum absolute atomic E-state index is 0.316. The van der Waals surface area contributed by atoms with Crippen LogP contribution < -0.4 is 25.4 Å². The van der Waals surface area contributed by atoms with Crippen LogP contribution in [0.25, 0.3) is 0 Å². The van der Waals surface area contributed by atoms with Gasteiger partial charge in [-0.15, -0.1) is 0 Å². The normalized spacial score (nSPS) is 15.3. The van der Waals surface area contributed by atoms with Gasteiger partial charge in [0.2, 0.25) is 0 Å². The van der Waals surface area contributed by atoms with Crippen LogP contribution in [-0.4, -0.2) is 19.0 Å². The van der Waals surface area contributed by atoms with Gasteiger partial charge in [0, 0.05) is 16.4 Å². The second kappa shape index (κ2) is 10.3. The molecule has 1 atom stereocenters. The maximum absolute atomic E-state index is 13.1. The first kappa shape index (κ1) is 23.2. The Morgan fingerprint density at radius 2 is 1.76 bits per heavy atom. The molecule has 3 N–H and O–H groups in total. The molecule has 3 aromatic carbocycles. The summed E-state index contributed by atoms with van der Waals surface area (Å²) in [7, 11) is 1.54. The molecule has 1 aliphatic heterocycles. The predicted octanol–water partition coefficient (Wildman–Crippen LogP) is 5.19. The summed E-state index contributed by atoms with van der Waals surface area (Å²) in [4.78, 5) is 25.4. The number of amides is 3. The zero-order valence-corrected chi connectivity index (χ0v) is 19.5. The molecule has 0 saturated heterocycles. The molecule has 3 aromatic rings. The summed E-state index contributed by atoms with van der Waals surface area (Å²) in [5, 5.41) is 9.06. The van der Waals surface area contributed by atoms with Gasteiger partial charge in [-0.2, -0.15) is 0 Å². The lowest BCUT2D eigenvalue weighted by Gasteiger charge is -2.29. The maximum Gasteiger partial charge on any atom is 0.319 e. The van der Waals surface area contributed by atoms with Crippen LogP contribution in [0.2, 0.25) is 5.02 Å². The number of rotatable bonds is 7. The Morgan fingerprint density at radius 1 is 1.03 bits per heavy atom. The SMILES string of the molecule is COc1cc(C2NC(=O)NC(C)=C2C(=O)Nc2ccccc2)ccc1OCc1ccc(Cl)cc1. The molecule has 0 aromatic heterocycles. The number of hydrogen-bond donors (Lipinski definition) is 3. The average Bonchev–Trinajstić information content (AvgIpc) is 2.83. The summed E-state index contributed by atoms with van der Waals surface area (Å²) in [5.74, 6) is 0.709. The minimum atomic E-state index is -0.670. The first-order valence-corrected chi connectivity index (χ1v) is 11.0. The number of nitrogens with one attached hydrogen (secondary N) is 3. The van der Waals surface area contributed by atoms with E-state index in [1.165, 1.54) is 0 Å². The topological polar surface area (TPSA) is 88.7 Å². The van der Waals surface area contributed by atoms with E-state index < -0.39 is 6.04 Å². The van der Waals surface area contributed by atoms with E-state index in [1.807, 2.05) is 30.3 Å². The van der Waals surface area contributed by atoms with Gasteiger partial charge < -0.3 is 25.4 Å². The predicted molar refractivity (Wildman–Crippen MR) is 131 cm³/mol. The highest BCUT2D eigenvalue weighted by Crippen LogP contribution is 2.35. The Hall–Kier alpha value is -3.97. The summed E-state index contributed by atoms with van der Waals surface area (Å²) >= 11 is 5.94. The van der Waals surface area contributed by atoms with Gasteiger partial charge in [-0.1, -0.05) is 48.0 Å². The molecule has 7 nitrogen and oxygen atoms in total. The molecular formula is C26H24ClN3O4. The molecule has 0 fully saturated rings. The van der Waals surface area contributed by atoms with Crippen molar-refractivity contribution in [1.29, 1.82) is 0 Å². The average molecular weight is 478 g/mol. The van der Waals surface area contributed by atoms with Crippen molar-refractivity contribution in [3.8, 4) is 11.5 Å². The maximum atomic E-state index is 13.1. The minimum Gasteiger partial charge on any atom is -0.493 e. The quantitative estimate of drug-likeness (QED) is 0.436. The van der Waals surface area contributed by atoms with Gasteiger partial charge in [0.25, 0.3) is 5.91 Å². The standard InChI is InChI=1S/C26H24ClN3O4/c1-16-23(25(31)29-20-6-4-3-5-7-20)24(30-26(32)28-16)18-10-13-21(22(14-18)33-2)34-15-17-8-11-19(27)12-9-17/h3-14,24H,15H2,1-2H3,(H,29,31)(H2,28,30,32). The van der Waals surface area contributed by atoms with Crippen LogP contribution in [0.15, 0.2) is 84.1 Å². The van der Waals surface area contributed by atoms with Crippen LogP contribution in [-0.2, 0) is 11.4 Å². The molecule has 0 spiro atoms. The lowest BCUT2D eigenvalue weighted by Crippen LogP contribution is -2.45. The number of halogens is 1. The molecular weight excluding hydrogens is 454 g/mol. The summed E-state index contributed by atoms with van der Waals surface area (Å²) in [6.07, 6.45) is 0. The number of anilines is 1. The van der Waals surface area contributed by atoms with Crippen molar-refractivity contribution in [2.75, 3.05) is 12.4 Å². The third-order valence-corrected chi connectivity index (χ3v) is 5.63. The molecule has 0 bridgehead atoms. The van der Waals surface area contributed by atoms with Crippen LogP contribution in [0, 0.1) is 0 Å². The summed E-state index contributed by atoms with van der Waals surface area (Å²) in [6, 6.07) is 20.8. The Balaban J connectivity index is 1.59. The molecule has 1 aliphatic rings. The Morgan fingerprint density at radius 3 is 2.47 bits per heavy atom. The highest BCUT2D eigenvalue weighted by Gasteiger charge is 2.31. The number of benzene rings is 3. The molecule has 1 heterocycles. The lowest BCUT2D eigenvalue weighted by molar-refractivity contribution is -0.113. The Bertz CT molecular complexity index is 1230. The van der Waals surface area contributed by atoms with Crippen LogP contribution in [0.4, 0.5) is 10.5 Å². The van der Waals surface area contributed by atoms with Crippen molar-refractivity contribution in [2.45, 2.75) is 19.6 Å². The summed E-state index contributed by atoms with van der Waals surface area (Å²) in [6.45, 7) is 2.03. The number of methoxy groups -OCH3 is 1. The third-order valence-electron chi connectivity index (χ3n) is 5.37. The van der Waals surface area contributed by atoms with Crippen molar-refractivity contribution in [3.05, 3.63) is 100 Å². The van der Waals surface area contributed by atoms with Crippen molar-refractivity contribution in [2.24, 2.45) is 0 Å². The van der Waals surface area contributed by atoms with E-state index in [1.54, 1.807) is 56.5 Å².